The second-order valence-corrected chi connectivity index (χ2v) is 6.52. The lowest BCUT2D eigenvalue weighted by molar-refractivity contribution is 0.0335. The Bertz CT molecular complexity index is 350. The van der Waals surface area contributed by atoms with Crippen LogP contribution in [0.4, 0.5) is 0 Å². The molecule has 2 rings (SSSR count). The molecule has 2 nitrogen and oxygen atoms in total. The number of halogens is 1. The van der Waals surface area contributed by atoms with E-state index in [1.165, 1.54) is 11.3 Å². The summed E-state index contributed by atoms with van der Waals surface area (Å²) in [5, 5.41) is 13.2. The summed E-state index contributed by atoms with van der Waals surface area (Å²) in [6.45, 7) is 4.40. The van der Waals surface area contributed by atoms with Gasteiger partial charge in [0.15, 0.2) is 0 Å². The SMILES string of the molecule is CC1(C)CCC(O)(c2nc(Br)cs2)C1. The van der Waals surface area contributed by atoms with Gasteiger partial charge in [0.2, 0.25) is 0 Å². The van der Waals surface area contributed by atoms with Crippen molar-refractivity contribution in [2.75, 3.05) is 0 Å². The molecule has 0 bridgehead atoms. The van der Waals surface area contributed by atoms with E-state index in [4.69, 9.17) is 0 Å². The van der Waals surface area contributed by atoms with Gasteiger partial charge in [0.25, 0.3) is 0 Å². The first kappa shape index (κ1) is 10.6. The van der Waals surface area contributed by atoms with Crippen LogP contribution in [-0.2, 0) is 5.60 Å². The standard InChI is InChI=1S/C10H14BrNOS/c1-9(2)3-4-10(13,6-9)8-12-7(11)5-14-8/h5,13H,3-4,6H2,1-2H3. The van der Waals surface area contributed by atoms with Gasteiger partial charge in [-0.3, -0.25) is 0 Å². The number of aliphatic hydroxyl groups is 1. The molecule has 0 radical (unpaired) electrons. The third-order valence-electron chi connectivity index (χ3n) is 2.86. The minimum absolute atomic E-state index is 0.243. The molecule has 1 N–H and O–H groups in total. The first-order valence-corrected chi connectivity index (χ1v) is 6.43. The highest BCUT2D eigenvalue weighted by Gasteiger charge is 2.44. The van der Waals surface area contributed by atoms with E-state index in [0.29, 0.717) is 0 Å². The number of thiazole rings is 1. The molecule has 1 aromatic heterocycles. The average Bonchev–Trinajstić information content (AvgIpc) is 2.57. The molecule has 1 aliphatic rings. The largest absolute Gasteiger partial charge is 0.383 e. The van der Waals surface area contributed by atoms with Crippen molar-refractivity contribution in [3.8, 4) is 0 Å². The van der Waals surface area contributed by atoms with Crippen LogP contribution >= 0.6 is 27.3 Å². The van der Waals surface area contributed by atoms with Gasteiger partial charge in [-0.15, -0.1) is 11.3 Å². The van der Waals surface area contributed by atoms with E-state index in [0.717, 1.165) is 28.9 Å². The minimum atomic E-state index is -0.680. The zero-order valence-electron chi connectivity index (χ0n) is 8.38. The van der Waals surface area contributed by atoms with E-state index in [1.807, 2.05) is 5.38 Å². The molecule has 1 saturated carbocycles. The lowest BCUT2D eigenvalue weighted by Gasteiger charge is -2.22. The third kappa shape index (κ3) is 1.88. The Morgan fingerprint density at radius 1 is 1.50 bits per heavy atom. The Balaban J connectivity index is 2.27. The molecule has 1 heterocycles. The molecular weight excluding hydrogens is 262 g/mol. The van der Waals surface area contributed by atoms with Gasteiger partial charge >= 0.3 is 0 Å². The van der Waals surface area contributed by atoms with Crippen molar-refractivity contribution < 1.29 is 5.11 Å². The van der Waals surface area contributed by atoms with Crippen LogP contribution in [0, 0.1) is 5.41 Å². The predicted octanol–water partition coefficient (Wildman–Crippen LogP) is 3.30. The molecule has 78 valence electrons. The molecule has 1 unspecified atom stereocenters. The van der Waals surface area contributed by atoms with Gasteiger partial charge < -0.3 is 5.11 Å². The molecule has 0 saturated heterocycles. The highest BCUT2D eigenvalue weighted by molar-refractivity contribution is 9.10. The summed E-state index contributed by atoms with van der Waals surface area (Å²) >= 11 is 4.86. The average molecular weight is 276 g/mol. The zero-order valence-corrected chi connectivity index (χ0v) is 10.8. The smallest absolute Gasteiger partial charge is 0.126 e. The zero-order chi connectivity index (χ0) is 10.4. The second-order valence-electron chi connectivity index (χ2n) is 4.85. The molecule has 0 aliphatic heterocycles. The number of aromatic nitrogens is 1. The van der Waals surface area contributed by atoms with Gasteiger partial charge in [0, 0.05) is 5.38 Å². The molecule has 1 fully saturated rings. The maximum atomic E-state index is 10.4. The van der Waals surface area contributed by atoms with E-state index in [9.17, 15) is 5.11 Å². The van der Waals surface area contributed by atoms with Crippen LogP contribution in [0.2, 0.25) is 0 Å². The van der Waals surface area contributed by atoms with Crippen molar-refractivity contribution in [2.24, 2.45) is 5.41 Å². The summed E-state index contributed by atoms with van der Waals surface area (Å²) in [7, 11) is 0. The summed E-state index contributed by atoms with van der Waals surface area (Å²) in [4.78, 5) is 4.32. The summed E-state index contributed by atoms with van der Waals surface area (Å²) in [6, 6.07) is 0. The molecule has 1 aromatic rings. The Kier molecular flexibility index (Phi) is 2.48. The Morgan fingerprint density at radius 2 is 2.21 bits per heavy atom. The molecule has 1 aliphatic carbocycles. The maximum Gasteiger partial charge on any atom is 0.126 e. The normalized spacial score (nSPS) is 30.9. The van der Waals surface area contributed by atoms with Gasteiger partial charge in [0.1, 0.15) is 15.2 Å². The third-order valence-corrected chi connectivity index (χ3v) is 4.61. The fourth-order valence-electron chi connectivity index (χ4n) is 2.16. The van der Waals surface area contributed by atoms with Crippen molar-refractivity contribution in [1.82, 2.24) is 4.98 Å². The van der Waals surface area contributed by atoms with Crippen molar-refractivity contribution in [3.05, 3.63) is 15.0 Å². The van der Waals surface area contributed by atoms with Crippen molar-refractivity contribution in [2.45, 2.75) is 38.7 Å². The summed E-state index contributed by atoms with van der Waals surface area (Å²) < 4.78 is 0.829. The lowest BCUT2D eigenvalue weighted by atomic mass is 9.89. The predicted molar refractivity (Wildman–Crippen MR) is 61.3 cm³/mol. The van der Waals surface area contributed by atoms with E-state index < -0.39 is 5.60 Å². The van der Waals surface area contributed by atoms with Gasteiger partial charge in [-0.2, -0.15) is 0 Å². The lowest BCUT2D eigenvalue weighted by Crippen LogP contribution is -2.23. The molecule has 14 heavy (non-hydrogen) atoms. The molecule has 4 heteroatoms. The van der Waals surface area contributed by atoms with E-state index in [1.54, 1.807) is 0 Å². The Labute approximate surface area is 96.5 Å². The highest BCUT2D eigenvalue weighted by Crippen LogP contribution is 2.49. The quantitative estimate of drug-likeness (QED) is 0.853. The van der Waals surface area contributed by atoms with E-state index in [2.05, 4.69) is 34.8 Å². The fraction of sp³-hybridized carbons (Fsp3) is 0.700. The van der Waals surface area contributed by atoms with Crippen LogP contribution < -0.4 is 0 Å². The molecule has 0 aromatic carbocycles. The first-order chi connectivity index (χ1) is 6.41. The van der Waals surface area contributed by atoms with Gasteiger partial charge in [-0.1, -0.05) is 13.8 Å². The summed E-state index contributed by atoms with van der Waals surface area (Å²) in [5.74, 6) is 0. The molecular formula is C10H14BrNOS. The van der Waals surface area contributed by atoms with Crippen LogP contribution in [0.25, 0.3) is 0 Å². The van der Waals surface area contributed by atoms with Gasteiger partial charge in [-0.25, -0.2) is 4.98 Å². The topological polar surface area (TPSA) is 33.1 Å². The first-order valence-electron chi connectivity index (χ1n) is 4.75. The molecule has 0 amide bonds. The van der Waals surface area contributed by atoms with Gasteiger partial charge in [-0.05, 0) is 40.6 Å². The summed E-state index contributed by atoms with van der Waals surface area (Å²) in [6.07, 6.45) is 2.72. The van der Waals surface area contributed by atoms with Crippen molar-refractivity contribution in [1.29, 1.82) is 0 Å². The molecule has 1 atom stereocenters. The number of nitrogens with zero attached hydrogens (tertiary/aromatic N) is 1. The van der Waals surface area contributed by atoms with Crippen molar-refractivity contribution >= 4 is 27.3 Å². The number of rotatable bonds is 1. The minimum Gasteiger partial charge on any atom is -0.383 e. The monoisotopic (exact) mass is 275 g/mol. The van der Waals surface area contributed by atoms with Gasteiger partial charge in [0.05, 0.1) is 0 Å². The second kappa shape index (κ2) is 3.29. The van der Waals surface area contributed by atoms with Crippen LogP contribution in [0.5, 0.6) is 0 Å². The van der Waals surface area contributed by atoms with E-state index >= 15 is 0 Å². The van der Waals surface area contributed by atoms with Crippen LogP contribution in [-0.4, -0.2) is 10.1 Å². The van der Waals surface area contributed by atoms with E-state index in [-0.39, 0.29) is 5.41 Å². The Hall–Kier alpha value is 0.0700. The van der Waals surface area contributed by atoms with Crippen molar-refractivity contribution in [3.63, 3.8) is 0 Å². The van der Waals surface area contributed by atoms with Crippen LogP contribution in [0.1, 0.15) is 38.1 Å². The maximum absolute atomic E-state index is 10.4. The number of hydrogen-bond donors (Lipinski definition) is 1. The number of hydrogen-bond acceptors (Lipinski definition) is 3. The highest BCUT2D eigenvalue weighted by atomic mass is 79.9. The molecule has 0 spiro atoms. The summed E-state index contributed by atoms with van der Waals surface area (Å²) in [5.41, 5.74) is -0.437. The Morgan fingerprint density at radius 3 is 2.64 bits per heavy atom. The van der Waals surface area contributed by atoms with Crippen LogP contribution in [0.3, 0.4) is 0 Å². The fourth-order valence-corrected chi connectivity index (χ4v) is 3.55. The van der Waals surface area contributed by atoms with Crippen LogP contribution in [0.15, 0.2) is 9.98 Å².